The van der Waals surface area contributed by atoms with Crippen LogP contribution in [0.15, 0.2) is 84.9 Å². The molecular formula is C31H32N2O4. The number of aliphatic carboxylic acids is 1. The van der Waals surface area contributed by atoms with Gasteiger partial charge in [-0.2, -0.15) is 0 Å². The molecule has 2 aliphatic rings. The minimum absolute atomic E-state index is 0.0967. The van der Waals surface area contributed by atoms with Crippen LogP contribution >= 0.6 is 0 Å². The van der Waals surface area contributed by atoms with Gasteiger partial charge in [0.25, 0.3) is 0 Å². The Bertz CT molecular complexity index is 1250. The van der Waals surface area contributed by atoms with Gasteiger partial charge in [0.2, 0.25) is 11.6 Å². The van der Waals surface area contributed by atoms with Crippen LogP contribution in [0.1, 0.15) is 63.9 Å². The third kappa shape index (κ3) is 7.00. The van der Waals surface area contributed by atoms with Crippen LogP contribution in [0.2, 0.25) is 0 Å². The summed E-state index contributed by atoms with van der Waals surface area (Å²) in [6, 6.07) is 25.4. The van der Waals surface area contributed by atoms with E-state index in [0.29, 0.717) is 0 Å². The highest BCUT2D eigenvalue weighted by molar-refractivity contribution is 6.38. The number of fused-ring (bicyclic) bond motifs is 1. The highest BCUT2D eigenvalue weighted by Gasteiger charge is 2.28. The number of carboxylic acids is 1. The summed E-state index contributed by atoms with van der Waals surface area (Å²) < 4.78 is 2.56. The first-order valence-electron chi connectivity index (χ1n) is 12.9. The summed E-state index contributed by atoms with van der Waals surface area (Å²) in [5.74, 6) is -1.01. The Morgan fingerprint density at radius 1 is 0.703 bits per heavy atom. The van der Waals surface area contributed by atoms with E-state index < -0.39 is 11.8 Å². The predicted octanol–water partition coefficient (Wildman–Crippen LogP) is 3.73. The lowest BCUT2D eigenvalue weighted by molar-refractivity contribution is -0.555. The van der Waals surface area contributed by atoms with Crippen molar-refractivity contribution >= 4 is 23.4 Å². The van der Waals surface area contributed by atoms with Crippen molar-refractivity contribution in [1.82, 2.24) is 4.90 Å². The van der Waals surface area contributed by atoms with Crippen LogP contribution in [0.3, 0.4) is 0 Å². The zero-order chi connectivity index (χ0) is 26.0. The zero-order valence-electron chi connectivity index (χ0n) is 21.0. The van der Waals surface area contributed by atoms with Crippen LogP contribution in [0.25, 0.3) is 0 Å². The molecule has 0 atom stereocenters. The molecule has 0 amide bonds. The topological polar surface area (TPSA) is 80.5 Å². The molecule has 0 aliphatic carbocycles. The Hall–Kier alpha value is -4.06. The number of carbonyl (C=O) groups is 3. The van der Waals surface area contributed by atoms with Crippen molar-refractivity contribution in [1.29, 1.82) is 0 Å². The molecule has 190 valence electrons. The highest BCUT2D eigenvalue weighted by atomic mass is 16.4. The second-order valence-electron chi connectivity index (χ2n) is 9.36. The fraction of sp³-hybridized carbons (Fsp3) is 0.290. The Balaban J connectivity index is 0.000000245. The molecule has 0 aromatic heterocycles. The summed E-state index contributed by atoms with van der Waals surface area (Å²) in [5.41, 5.74) is 2.95. The molecule has 3 aromatic carbocycles. The number of hydrogen-bond acceptors (Lipinski definition) is 5. The third-order valence-corrected chi connectivity index (χ3v) is 6.76. The summed E-state index contributed by atoms with van der Waals surface area (Å²) >= 11 is 0. The number of nitrogens with zero attached hydrogens (tertiary/aromatic N) is 2. The Morgan fingerprint density at radius 3 is 1.95 bits per heavy atom. The average molecular weight is 497 g/mol. The number of carboxylic acid groups (broad SMARTS) is 1. The van der Waals surface area contributed by atoms with Gasteiger partial charge in [0, 0.05) is 29.5 Å². The first-order valence-corrected chi connectivity index (χ1v) is 12.9. The van der Waals surface area contributed by atoms with E-state index in [1.165, 1.54) is 68.7 Å². The summed E-state index contributed by atoms with van der Waals surface area (Å²) in [4.78, 5) is 35.9. The van der Waals surface area contributed by atoms with Crippen LogP contribution in [-0.4, -0.2) is 52.5 Å². The van der Waals surface area contributed by atoms with Gasteiger partial charge in [-0.3, -0.25) is 19.1 Å². The van der Waals surface area contributed by atoms with E-state index in [1.807, 2.05) is 42.5 Å². The lowest BCUT2D eigenvalue weighted by Gasteiger charge is -2.26. The smallest absolute Gasteiger partial charge is 0.247 e. The van der Waals surface area contributed by atoms with Crippen LogP contribution in [0.5, 0.6) is 0 Å². The van der Waals surface area contributed by atoms with Gasteiger partial charge in [-0.25, -0.2) is 0 Å². The van der Waals surface area contributed by atoms with Gasteiger partial charge in [-0.1, -0.05) is 84.9 Å². The summed E-state index contributed by atoms with van der Waals surface area (Å²) in [6.07, 6.45) is 6.45. The maximum Gasteiger partial charge on any atom is 0.247 e. The minimum atomic E-state index is -1.67. The van der Waals surface area contributed by atoms with E-state index in [4.69, 9.17) is 0 Å². The fourth-order valence-corrected chi connectivity index (χ4v) is 4.85. The first kappa shape index (κ1) is 26.0. The van der Waals surface area contributed by atoms with Gasteiger partial charge in [-0.15, -0.1) is 0 Å². The number of carbonyl (C=O) groups excluding carboxylic acids is 3. The van der Waals surface area contributed by atoms with E-state index >= 15 is 0 Å². The summed E-state index contributed by atoms with van der Waals surface area (Å²) in [7, 11) is 0. The van der Waals surface area contributed by atoms with Crippen molar-refractivity contribution in [3.63, 3.8) is 0 Å². The monoisotopic (exact) mass is 496 g/mol. The maximum absolute atomic E-state index is 12.6. The number of hydrogen-bond donors (Lipinski definition) is 0. The van der Waals surface area contributed by atoms with Gasteiger partial charge in [-0.05, 0) is 24.8 Å². The maximum atomic E-state index is 12.6. The molecule has 6 heteroatoms. The van der Waals surface area contributed by atoms with Crippen LogP contribution in [-0.2, 0) is 11.3 Å². The number of rotatable bonds is 6. The van der Waals surface area contributed by atoms with Gasteiger partial charge < -0.3 is 9.90 Å². The molecule has 0 bridgehead atoms. The van der Waals surface area contributed by atoms with Crippen LogP contribution < -0.4 is 5.11 Å². The molecule has 0 spiro atoms. The van der Waals surface area contributed by atoms with Crippen LogP contribution in [0.4, 0.5) is 0 Å². The molecule has 37 heavy (non-hydrogen) atoms. The molecule has 0 N–H and O–H groups in total. The quantitative estimate of drug-likeness (QED) is 0.295. The molecule has 1 saturated heterocycles. The Kier molecular flexibility index (Phi) is 8.98. The van der Waals surface area contributed by atoms with Crippen LogP contribution in [0, 0.1) is 0 Å². The van der Waals surface area contributed by atoms with E-state index in [9.17, 15) is 19.5 Å². The molecule has 0 saturated carbocycles. The largest absolute Gasteiger partial charge is 0.541 e. The first-order chi connectivity index (χ1) is 18.0. The van der Waals surface area contributed by atoms with Crippen molar-refractivity contribution in [2.75, 3.05) is 19.6 Å². The van der Waals surface area contributed by atoms with Gasteiger partial charge >= 0.3 is 0 Å². The van der Waals surface area contributed by atoms with Crippen molar-refractivity contribution in [3.8, 4) is 0 Å². The Morgan fingerprint density at radius 2 is 1.30 bits per heavy atom. The van der Waals surface area contributed by atoms with E-state index in [-0.39, 0.29) is 11.3 Å². The van der Waals surface area contributed by atoms with Crippen molar-refractivity contribution in [3.05, 3.63) is 107 Å². The molecule has 2 heterocycles. The van der Waals surface area contributed by atoms with E-state index in [1.54, 1.807) is 18.2 Å². The highest BCUT2D eigenvalue weighted by Crippen LogP contribution is 2.18. The fourth-order valence-electron chi connectivity index (χ4n) is 4.85. The molecule has 2 aliphatic heterocycles. The van der Waals surface area contributed by atoms with Gasteiger partial charge in [0.05, 0.1) is 19.6 Å². The van der Waals surface area contributed by atoms with Gasteiger partial charge in [0.1, 0.15) is 12.5 Å². The van der Waals surface area contributed by atoms with Crippen molar-refractivity contribution in [2.45, 2.75) is 38.6 Å². The van der Waals surface area contributed by atoms with E-state index in [0.717, 1.165) is 24.2 Å². The van der Waals surface area contributed by atoms with E-state index in [2.05, 4.69) is 21.6 Å². The third-order valence-electron chi connectivity index (χ3n) is 6.76. The molecule has 3 aromatic rings. The Labute approximate surface area is 217 Å². The zero-order valence-corrected chi connectivity index (χ0v) is 21.0. The lowest BCUT2D eigenvalue weighted by atomic mass is 10.0. The molecule has 0 unspecified atom stereocenters. The average Bonchev–Trinajstić information content (AvgIpc) is 3.20. The standard InChI is InChI=1S/C23H27N2O.C8H6O3/c26-23(20-8-3-1-4-9-20)21-13-11-19(12-14-21)18-25-17-7-16-24-15-6-2-5-10-22(24)25;9-7(8(10)11)6-4-2-1-3-5-6/h1,3-4,8-9,11-14H,2,5-7,10,15-18H2;1-5H,(H,10,11)/q+1;/p-1. The van der Waals surface area contributed by atoms with Crippen molar-refractivity contribution < 1.29 is 24.1 Å². The van der Waals surface area contributed by atoms with Crippen molar-refractivity contribution in [2.24, 2.45) is 0 Å². The normalized spacial score (nSPS) is 15.1. The number of Topliss-reactive ketones (excluding diaryl/α,β-unsaturated/α-hetero) is 1. The molecule has 0 radical (unpaired) electrons. The number of ketones is 2. The molecule has 6 nitrogen and oxygen atoms in total. The van der Waals surface area contributed by atoms with Gasteiger partial charge in [0.15, 0.2) is 5.78 Å². The second kappa shape index (κ2) is 12.8. The second-order valence-corrected chi connectivity index (χ2v) is 9.36. The lowest BCUT2D eigenvalue weighted by Crippen LogP contribution is -2.43. The minimum Gasteiger partial charge on any atom is -0.541 e. The molecular weight excluding hydrogens is 464 g/mol. The summed E-state index contributed by atoms with van der Waals surface area (Å²) in [5, 5.41) is 10.0. The predicted molar refractivity (Wildman–Crippen MR) is 141 cm³/mol. The SMILES string of the molecule is O=C([O-])C(=O)c1ccccc1.O=C(c1ccccc1)c1ccc(C[N+]2=C3CCCCCN3CCC2)cc1. The summed E-state index contributed by atoms with van der Waals surface area (Å²) in [6.45, 7) is 4.54. The molecule has 5 rings (SSSR count). The molecule has 1 fully saturated rings. The number of benzene rings is 3. The number of amidine groups is 1.